The molecule has 2 aromatic carbocycles. The molecular formula is C27H31FO2. The van der Waals surface area contributed by atoms with Crippen LogP contribution in [0.2, 0.25) is 0 Å². The highest BCUT2D eigenvalue weighted by Gasteiger charge is 2.36. The second-order valence-electron chi connectivity index (χ2n) is 9.53. The lowest BCUT2D eigenvalue weighted by molar-refractivity contribution is -0.131. The van der Waals surface area contributed by atoms with E-state index in [1.165, 1.54) is 47.7 Å². The first-order chi connectivity index (χ1) is 14.1. The van der Waals surface area contributed by atoms with Gasteiger partial charge in [-0.1, -0.05) is 64.1 Å². The van der Waals surface area contributed by atoms with Crippen LogP contribution >= 0.6 is 0 Å². The summed E-state index contributed by atoms with van der Waals surface area (Å²) in [5, 5.41) is 8.98. The number of hydrogen-bond acceptors (Lipinski definition) is 1. The second kappa shape index (κ2) is 8.59. The number of allylic oxidation sites excluding steroid dienone is 3. The van der Waals surface area contributed by atoms with Gasteiger partial charge in [0.1, 0.15) is 5.82 Å². The molecule has 1 aliphatic carbocycles. The number of aryl methyl sites for hydroxylation is 1. The van der Waals surface area contributed by atoms with Gasteiger partial charge in [-0.3, -0.25) is 0 Å². The molecule has 0 aliphatic heterocycles. The van der Waals surface area contributed by atoms with Crippen LogP contribution in [0, 0.1) is 5.82 Å². The number of aliphatic carboxylic acids is 1. The number of hydrogen-bond donors (Lipinski definition) is 1. The van der Waals surface area contributed by atoms with Gasteiger partial charge in [-0.05, 0) is 82.5 Å². The first kappa shape index (κ1) is 22.0. The van der Waals surface area contributed by atoms with Crippen molar-refractivity contribution < 1.29 is 14.3 Å². The molecule has 2 aromatic rings. The van der Waals surface area contributed by atoms with Gasteiger partial charge in [-0.15, -0.1) is 0 Å². The fraction of sp³-hybridized carbons (Fsp3) is 0.370. The predicted octanol–water partition coefficient (Wildman–Crippen LogP) is 6.83. The van der Waals surface area contributed by atoms with E-state index < -0.39 is 5.97 Å². The standard InChI is InChI=1S/C27H31FO2/c1-26(2)15-16-27(3,4)24-17-19(11-13-23(24)26)7-5-8-20(12-14-25(29)30)21-9-6-10-22(28)18-21/h6,8-14,17-18H,5,7,15-16H2,1-4H3,(H,29,30). The fourth-order valence-electron chi connectivity index (χ4n) is 4.30. The zero-order chi connectivity index (χ0) is 21.9. The number of rotatable bonds is 6. The Bertz CT molecular complexity index is 996. The smallest absolute Gasteiger partial charge is 0.328 e. The van der Waals surface area contributed by atoms with E-state index >= 15 is 0 Å². The quantitative estimate of drug-likeness (QED) is 0.421. The number of carboxylic acid groups (broad SMARTS) is 1. The summed E-state index contributed by atoms with van der Waals surface area (Å²) in [4.78, 5) is 11.0. The third-order valence-electron chi connectivity index (χ3n) is 6.28. The molecule has 0 radical (unpaired) electrons. The van der Waals surface area contributed by atoms with Gasteiger partial charge < -0.3 is 5.11 Å². The van der Waals surface area contributed by atoms with Crippen LogP contribution in [-0.2, 0) is 22.0 Å². The van der Waals surface area contributed by atoms with E-state index in [9.17, 15) is 9.18 Å². The van der Waals surface area contributed by atoms with Crippen LogP contribution in [0.3, 0.4) is 0 Å². The second-order valence-corrected chi connectivity index (χ2v) is 9.53. The molecule has 0 bridgehead atoms. The third kappa shape index (κ3) is 5.08. The van der Waals surface area contributed by atoms with E-state index in [4.69, 9.17) is 5.11 Å². The number of benzene rings is 2. The predicted molar refractivity (Wildman–Crippen MR) is 121 cm³/mol. The molecular weight excluding hydrogens is 375 g/mol. The summed E-state index contributed by atoms with van der Waals surface area (Å²) in [5.74, 6) is -1.35. The lowest BCUT2D eigenvalue weighted by Gasteiger charge is -2.42. The summed E-state index contributed by atoms with van der Waals surface area (Å²) < 4.78 is 13.6. The lowest BCUT2D eigenvalue weighted by atomic mass is 9.63. The van der Waals surface area contributed by atoms with Crippen LogP contribution in [0.1, 0.15) is 69.2 Å². The maximum absolute atomic E-state index is 13.6. The molecule has 1 aliphatic rings. The molecule has 0 fully saturated rings. The van der Waals surface area contributed by atoms with Crippen molar-refractivity contribution in [2.75, 3.05) is 0 Å². The summed E-state index contributed by atoms with van der Waals surface area (Å²) >= 11 is 0. The molecule has 0 atom stereocenters. The summed E-state index contributed by atoms with van der Waals surface area (Å²) in [6.07, 6.45) is 8.60. The van der Waals surface area contributed by atoms with Crippen molar-refractivity contribution in [3.63, 3.8) is 0 Å². The molecule has 0 saturated carbocycles. The largest absolute Gasteiger partial charge is 0.478 e. The highest BCUT2D eigenvalue weighted by atomic mass is 19.1. The number of carboxylic acids is 1. The normalized spacial score (nSPS) is 17.7. The molecule has 3 heteroatoms. The number of fused-ring (bicyclic) bond motifs is 1. The van der Waals surface area contributed by atoms with Crippen LogP contribution < -0.4 is 0 Å². The fourth-order valence-corrected chi connectivity index (χ4v) is 4.30. The van der Waals surface area contributed by atoms with E-state index in [-0.39, 0.29) is 16.6 Å². The van der Waals surface area contributed by atoms with Gasteiger partial charge in [-0.25, -0.2) is 9.18 Å². The van der Waals surface area contributed by atoms with E-state index in [1.807, 2.05) is 6.08 Å². The van der Waals surface area contributed by atoms with Gasteiger partial charge in [-0.2, -0.15) is 0 Å². The summed E-state index contributed by atoms with van der Waals surface area (Å²) in [5.41, 5.74) is 5.94. The molecule has 1 N–H and O–H groups in total. The van der Waals surface area contributed by atoms with Gasteiger partial charge in [0, 0.05) is 6.08 Å². The van der Waals surface area contributed by atoms with Gasteiger partial charge >= 0.3 is 5.97 Å². The van der Waals surface area contributed by atoms with Crippen LogP contribution in [-0.4, -0.2) is 11.1 Å². The molecule has 158 valence electrons. The van der Waals surface area contributed by atoms with Gasteiger partial charge in [0.2, 0.25) is 0 Å². The minimum atomic E-state index is -1.02. The Hall–Kier alpha value is -2.68. The Morgan fingerprint density at radius 1 is 1.00 bits per heavy atom. The zero-order valence-electron chi connectivity index (χ0n) is 18.3. The number of carbonyl (C=O) groups is 1. The van der Waals surface area contributed by atoms with Gasteiger partial charge in [0.05, 0.1) is 0 Å². The van der Waals surface area contributed by atoms with Crippen molar-refractivity contribution in [2.45, 2.75) is 64.2 Å². The molecule has 0 amide bonds. The van der Waals surface area contributed by atoms with Crippen LogP contribution in [0.15, 0.2) is 60.7 Å². The maximum atomic E-state index is 13.6. The zero-order valence-corrected chi connectivity index (χ0v) is 18.3. The Morgan fingerprint density at radius 2 is 1.70 bits per heavy atom. The van der Waals surface area contributed by atoms with E-state index in [1.54, 1.807) is 12.1 Å². The maximum Gasteiger partial charge on any atom is 0.328 e. The molecule has 0 saturated heterocycles. The molecule has 30 heavy (non-hydrogen) atoms. The topological polar surface area (TPSA) is 37.3 Å². The van der Waals surface area contributed by atoms with Gasteiger partial charge in [0.15, 0.2) is 0 Å². The third-order valence-corrected chi connectivity index (χ3v) is 6.28. The Morgan fingerprint density at radius 3 is 2.37 bits per heavy atom. The molecule has 2 nitrogen and oxygen atoms in total. The van der Waals surface area contributed by atoms with Gasteiger partial charge in [0.25, 0.3) is 0 Å². The monoisotopic (exact) mass is 406 g/mol. The molecule has 0 unspecified atom stereocenters. The van der Waals surface area contributed by atoms with E-state index in [2.05, 4.69) is 45.9 Å². The lowest BCUT2D eigenvalue weighted by Crippen LogP contribution is -2.33. The SMILES string of the molecule is CC1(C)CCC(C)(C)c2cc(CCC=C(C=CC(=O)O)c3cccc(F)c3)ccc21. The van der Waals surface area contributed by atoms with Crippen molar-refractivity contribution in [1.29, 1.82) is 0 Å². The average molecular weight is 407 g/mol. The van der Waals surface area contributed by atoms with Crippen LogP contribution in [0.25, 0.3) is 5.57 Å². The van der Waals surface area contributed by atoms with E-state index in [0.29, 0.717) is 5.56 Å². The molecule has 0 heterocycles. The molecule has 0 aromatic heterocycles. The summed E-state index contributed by atoms with van der Waals surface area (Å²) in [6, 6.07) is 13.1. The molecule has 3 rings (SSSR count). The summed E-state index contributed by atoms with van der Waals surface area (Å²) in [6.45, 7) is 9.29. The first-order valence-corrected chi connectivity index (χ1v) is 10.6. The molecule has 0 spiro atoms. The van der Waals surface area contributed by atoms with E-state index in [0.717, 1.165) is 24.5 Å². The van der Waals surface area contributed by atoms with Crippen LogP contribution in [0.5, 0.6) is 0 Å². The van der Waals surface area contributed by atoms with Crippen molar-refractivity contribution in [3.8, 4) is 0 Å². The highest BCUT2D eigenvalue weighted by Crippen LogP contribution is 2.45. The minimum Gasteiger partial charge on any atom is -0.478 e. The van der Waals surface area contributed by atoms with Crippen molar-refractivity contribution in [2.24, 2.45) is 0 Å². The highest BCUT2D eigenvalue weighted by molar-refractivity contribution is 5.85. The minimum absolute atomic E-state index is 0.174. The Kier molecular flexibility index (Phi) is 6.30. The van der Waals surface area contributed by atoms with Crippen molar-refractivity contribution >= 4 is 11.5 Å². The number of halogens is 1. The van der Waals surface area contributed by atoms with Crippen molar-refractivity contribution in [3.05, 3.63) is 88.8 Å². The Labute approximate surface area is 179 Å². The summed E-state index contributed by atoms with van der Waals surface area (Å²) in [7, 11) is 0. The first-order valence-electron chi connectivity index (χ1n) is 10.6. The van der Waals surface area contributed by atoms with Crippen molar-refractivity contribution in [1.82, 2.24) is 0 Å². The Balaban J connectivity index is 1.84. The average Bonchev–Trinajstić information content (AvgIpc) is 2.68. The van der Waals surface area contributed by atoms with Crippen LogP contribution in [0.4, 0.5) is 4.39 Å².